The molecular weight excluding hydrogens is 244 g/mol. The molecule has 0 spiro atoms. The first-order valence-corrected chi connectivity index (χ1v) is 5.78. The minimum absolute atomic E-state index is 0.0799. The predicted octanol–water partition coefficient (Wildman–Crippen LogP) is 1.97. The molecule has 0 fully saturated rings. The molecule has 19 heavy (non-hydrogen) atoms. The lowest BCUT2D eigenvalue weighted by atomic mass is 10.1. The number of hydrogen-bond acceptors (Lipinski definition) is 3. The van der Waals surface area contributed by atoms with E-state index in [2.05, 4.69) is 15.3 Å². The summed E-state index contributed by atoms with van der Waals surface area (Å²) in [6, 6.07) is 7.37. The van der Waals surface area contributed by atoms with Crippen molar-refractivity contribution in [2.75, 3.05) is 0 Å². The van der Waals surface area contributed by atoms with E-state index in [1.165, 1.54) is 6.07 Å². The van der Waals surface area contributed by atoms with Crippen molar-refractivity contribution in [1.29, 1.82) is 0 Å². The Kier molecular flexibility index (Phi) is 2.38. The molecule has 0 saturated carbocycles. The number of fused-ring (bicyclic) bond motifs is 1. The van der Waals surface area contributed by atoms with Crippen LogP contribution in [0, 0.1) is 6.92 Å². The summed E-state index contributed by atoms with van der Waals surface area (Å²) in [4.78, 5) is 10.8. The van der Waals surface area contributed by atoms with Crippen molar-refractivity contribution in [3.63, 3.8) is 0 Å². The van der Waals surface area contributed by atoms with Crippen molar-refractivity contribution in [3.05, 3.63) is 35.7 Å². The van der Waals surface area contributed by atoms with Gasteiger partial charge in [0.1, 0.15) is 5.69 Å². The second-order valence-corrected chi connectivity index (χ2v) is 4.41. The van der Waals surface area contributed by atoms with Crippen molar-refractivity contribution >= 4 is 16.9 Å². The number of H-pyrrole nitrogens is 1. The maximum Gasteiger partial charge on any atom is 0.353 e. The van der Waals surface area contributed by atoms with E-state index < -0.39 is 5.97 Å². The fourth-order valence-corrected chi connectivity index (χ4v) is 2.18. The van der Waals surface area contributed by atoms with Crippen LogP contribution in [0.2, 0.25) is 0 Å². The van der Waals surface area contributed by atoms with E-state index in [0.717, 1.165) is 22.2 Å². The van der Waals surface area contributed by atoms with Gasteiger partial charge < -0.3 is 5.11 Å². The van der Waals surface area contributed by atoms with Crippen LogP contribution in [0.25, 0.3) is 22.2 Å². The van der Waals surface area contributed by atoms with E-state index in [-0.39, 0.29) is 5.69 Å². The van der Waals surface area contributed by atoms with Crippen LogP contribution in [0.4, 0.5) is 0 Å². The third kappa shape index (κ3) is 1.77. The molecule has 0 aliphatic heterocycles. The number of carbonyl (C=O) groups is 1. The average Bonchev–Trinajstić information content (AvgIpc) is 2.96. The molecule has 6 heteroatoms. The van der Waals surface area contributed by atoms with Gasteiger partial charge in [-0.05, 0) is 19.1 Å². The second-order valence-electron chi connectivity index (χ2n) is 4.41. The number of rotatable bonds is 2. The molecule has 2 aromatic heterocycles. The highest BCUT2D eigenvalue weighted by molar-refractivity contribution is 5.89. The molecule has 0 aliphatic rings. The summed E-state index contributed by atoms with van der Waals surface area (Å²) in [7, 11) is 1.88. The first-order chi connectivity index (χ1) is 9.06. The largest absolute Gasteiger partial charge is 0.477 e. The summed E-state index contributed by atoms with van der Waals surface area (Å²) < 4.78 is 1.80. The number of hydrogen-bond donors (Lipinski definition) is 2. The van der Waals surface area contributed by atoms with E-state index in [0.29, 0.717) is 5.69 Å². The monoisotopic (exact) mass is 256 g/mol. The van der Waals surface area contributed by atoms with Crippen molar-refractivity contribution < 1.29 is 9.90 Å². The first kappa shape index (κ1) is 11.5. The van der Waals surface area contributed by atoms with Crippen LogP contribution in [0.1, 0.15) is 16.2 Å². The highest BCUT2D eigenvalue weighted by Crippen LogP contribution is 2.25. The summed E-state index contributed by atoms with van der Waals surface area (Å²) in [5.74, 6) is -1.02. The normalized spacial score (nSPS) is 11.1. The fourth-order valence-electron chi connectivity index (χ4n) is 2.18. The molecule has 0 amide bonds. The Hall–Kier alpha value is -2.63. The highest BCUT2D eigenvalue weighted by atomic mass is 16.4. The molecule has 0 saturated heterocycles. The molecule has 6 nitrogen and oxygen atoms in total. The van der Waals surface area contributed by atoms with Crippen LogP contribution in [0.15, 0.2) is 24.3 Å². The lowest BCUT2D eigenvalue weighted by Gasteiger charge is -1.98. The van der Waals surface area contributed by atoms with Gasteiger partial charge in [-0.25, -0.2) is 4.79 Å². The van der Waals surface area contributed by atoms with Gasteiger partial charge in [0.2, 0.25) is 0 Å². The number of aryl methyl sites for hydroxylation is 2. The fraction of sp³-hybridized carbons (Fsp3) is 0.154. The lowest BCUT2D eigenvalue weighted by Crippen LogP contribution is -1.95. The zero-order valence-electron chi connectivity index (χ0n) is 10.5. The van der Waals surface area contributed by atoms with E-state index in [4.69, 9.17) is 5.11 Å². The van der Waals surface area contributed by atoms with Crippen LogP contribution in [-0.4, -0.2) is 31.1 Å². The second kappa shape index (κ2) is 3.94. The van der Waals surface area contributed by atoms with Crippen molar-refractivity contribution in [3.8, 4) is 11.3 Å². The zero-order chi connectivity index (χ0) is 13.6. The Morgan fingerprint density at radius 2 is 2.16 bits per heavy atom. The highest BCUT2D eigenvalue weighted by Gasteiger charge is 2.11. The summed E-state index contributed by atoms with van der Waals surface area (Å²) >= 11 is 0. The van der Waals surface area contributed by atoms with Crippen molar-refractivity contribution in [2.45, 2.75) is 6.92 Å². The molecule has 2 N–H and O–H groups in total. The molecule has 0 unspecified atom stereocenters. The summed E-state index contributed by atoms with van der Waals surface area (Å²) in [5.41, 5.74) is 3.51. The Morgan fingerprint density at radius 3 is 2.84 bits per heavy atom. The van der Waals surface area contributed by atoms with Gasteiger partial charge in [0.25, 0.3) is 0 Å². The lowest BCUT2D eigenvalue weighted by molar-refractivity contribution is 0.0690. The van der Waals surface area contributed by atoms with Gasteiger partial charge in [0.15, 0.2) is 0 Å². The number of nitrogens with one attached hydrogen (secondary N) is 1. The smallest absolute Gasteiger partial charge is 0.353 e. The Labute approximate surface area is 108 Å². The van der Waals surface area contributed by atoms with E-state index in [1.54, 1.807) is 4.68 Å². The van der Waals surface area contributed by atoms with Crippen LogP contribution >= 0.6 is 0 Å². The summed E-state index contributed by atoms with van der Waals surface area (Å²) in [6.07, 6.45) is 0. The molecule has 0 radical (unpaired) electrons. The summed E-state index contributed by atoms with van der Waals surface area (Å²) in [6.45, 7) is 1.96. The molecular formula is C13H12N4O2. The maximum absolute atomic E-state index is 10.8. The summed E-state index contributed by atoms with van der Waals surface area (Å²) in [5, 5.41) is 20.8. The van der Waals surface area contributed by atoms with Gasteiger partial charge in [-0.2, -0.15) is 10.2 Å². The standard InChI is InChI=1S/C13H12N4O2/c1-7-9-4-3-8(5-12(9)17(2)16-7)10-6-11(13(18)19)15-14-10/h3-6H,1-2H3,(H,14,15)(H,18,19). The van der Waals surface area contributed by atoms with E-state index >= 15 is 0 Å². The third-order valence-corrected chi connectivity index (χ3v) is 3.14. The number of aromatic nitrogens is 4. The number of aromatic carboxylic acids is 1. The SMILES string of the molecule is Cc1nn(C)c2cc(-c3cc(C(=O)O)[nH]n3)ccc12. The number of carboxylic acids is 1. The number of benzene rings is 1. The Morgan fingerprint density at radius 1 is 1.37 bits per heavy atom. The van der Waals surface area contributed by atoms with Gasteiger partial charge in [0, 0.05) is 18.0 Å². The molecule has 0 aliphatic carbocycles. The molecule has 2 heterocycles. The minimum atomic E-state index is -1.02. The molecule has 3 aromatic rings. The Balaban J connectivity index is 2.14. The van der Waals surface area contributed by atoms with Crippen molar-refractivity contribution in [1.82, 2.24) is 20.0 Å². The molecule has 96 valence electrons. The van der Waals surface area contributed by atoms with Crippen LogP contribution < -0.4 is 0 Å². The average molecular weight is 256 g/mol. The number of carboxylic acid groups (broad SMARTS) is 1. The molecule has 0 bridgehead atoms. The van der Waals surface area contributed by atoms with Crippen LogP contribution in [0.3, 0.4) is 0 Å². The number of nitrogens with zero attached hydrogens (tertiary/aromatic N) is 3. The predicted molar refractivity (Wildman–Crippen MR) is 70.0 cm³/mol. The van der Waals surface area contributed by atoms with Gasteiger partial charge >= 0.3 is 5.97 Å². The topological polar surface area (TPSA) is 83.8 Å². The molecule has 3 rings (SSSR count). The van der Waals surface area contributed by atoms with Gasteiger partial charge in [-0.1, -0.05) is 12.1 Å². The maximum atomic E-state index is 10.8. The van der Waals surface area contributed by atoms with Crippen LogP contribution in [-0.2, 0) is 7.05 Å². The van der Waals surface area contributed by atoms with Gasteiger partial charge in [0.05, 0.1) is 16.9 Å². The molecule has 0 atom stereocenters. The number of aromatic amines is 1. The van der Waals surface area contributed by atoms with Gasteiger partial charge in [-0.3, -0.25) is 9.78 Å². The van der Waals surface area contributed by atoms with Crippen LogP contribution in [0.5, 0.6) is 0 Å². The van der Waals surface area contributed by atoms with E-state index in [1.807, 2.05) is 32.2 Å². The van der Waals surface area contributed by atoms with E-state index in [9.17, 15) is 4.79 Å². The zero-order valence-corrected chi connectivity index (χ0v) is 10.5. The van der Waals surface area contributed by atoms with Crippen molar-refractivity contribution in [2.24, 2.45) is 7.05 Å². The molecule has 1 aromatic carbocycles. The quantitative estimate of drug-likeness (QED) is 0.734. The van der Waals surface area contributed by atoms with Gasteiger partial charge in [-0.15, -0.1) is 0 Å². The Bertz CT molecular complexity index is 785. The minimum Gasteiger partial charge on any atom is -0.477 e. The third-order valence-electron chi connectivity index (χ3n) is 3.14. The first-order valence-electron chi connectivity index (χ1n) is 5.78.